The predicted octanol–water partition coefficient (Wildman–Crippen LogP) is 3.06. The summed E-state index contributed by atoms with van der Waals surface area (Å²) in [4.78, 5) is 12.5. The topological polar surface area (TPSA) is 80.0 Å². The van der Waals surface area contributed by atoms with Crippen LogP contribution >= 0.6 is 15.9 Å². The number of aliphatic hydroxyl groups excluding tert-OH is 1. The van der Waals surface area contributed by atoms with Crippen LogP contribution in [0.2, 0.25) is 0 Å². The van der Waals surface area contributed by atoms with E-state index >= 15 is 0 Å². The SMILES string of the molecule is Cc1c(C(=O)NC[C@H](CO)Cc2ccc(F)cc2)nnn1-c1cccc(Br)c1. The Morgan fingerprint density at radius 2 is 2.04 bits per heavy atom. The van der Waals surface area contributed by atoms with Gasteiger partial charge in [0, 0.05) is 23.5 Å². The van der Waals surface area contributed by atoms with E-state index in [9.17, 15) is 14.3 Å². The number of nitrogens with zero attached hydrogens (tertiary/aromatic N) is 3. The molecule has 2 N–H and O–H groups in total. The number of halogens is 2. The third-order valence-corrected chi connectivity index (χ3v) is 4.90. The number of aromatic nitrogens is 3. The quantitative estimate of drug-likeness (QED) is 0.584. The molecule has 0 unspecified atom stereocenters. The number of hydrogen-bond donors (Lipinski definition) is 2. The average Bonchev–Trinajstić information content (AvgIpc) is 3.08. The summed E-state index contributed by atoms with van der Waals surface area (Å²) >= 11 is 3.41. The van der Waals surface area contributed by atoms with Crippen LogP contribution in [0.5, 0.6) is 0 Å². The van der Waals surface area contributed by atoms with Gasteiger partial charge < -0.3 is 10.4 Å². The highest BCUT2D eigenvalue weighted by Crippen LogP contribution is 2.17. The highest BCUT2D eigenvalue weighted by atomic mass is 79.9. The van der Waals surface area contributed by atoms with Gasteiger partial charge in [0.25, 0.3) is 5.91 Å². The van der Waals surface area contributed by atoms with E-state index in [0.29, 0.717) is 12.1 Å². The van der Waals surface area contributed by atoms with Gasteiger partial charge in [-0.3, -0.25) is 4.79 Å². The van der Waals surface area contributed by atoms with E-state index in [1.165, 1.54) is 12.1 Å². The van der Waals surface area contributed by atoms with Crippen molar-refractivity contribution in [2.24, 2.45) is 5.92 Å². The molecule has 1 aromatic heterocycles. The zero-order valence-electron chi connectivity index (χ0n) is 15.3. The summed E-state index contributed by atoms with van der Waals surface area (Å²) in [6.07, 6.45) is 0.529. The molecule has 0 saturated heterocycles. The molecular formula is C20H20BrFN4O2. The van der Waals surface area contributed by atoms with Crippen molar-refractivity contribution < 1.29 is 14.3 Å². The zero-order valence-corrected chi connectivity index (χ0v) is 16.9. The van der Waals surface area contributed by atoms with Crippen LogP contribution in [-0.4, -0.2) is 39.2 Å². The molecule has 3 rings (SSSR count). The summed E-state index contributed by atoms with van der Waals surface area (Å²) in [6.45, 7) is 1.95. The number of rotatable bonds is 7. The second kappa shape index (κ2) is 9.07. The molecule has 3 aromatic rings. The average molecular weight is 447 g/mol. The van der Waals surface area contributed by atoms with Gasteiger partial charge in [0.1, 0.15) is 5.82 Å². The Morgan fingerprint density at radius 3 is 2.71 bits per heavy atom. The van der Waals surface area contributed by atoms with Crippen molar-refractivity contribution >= 4 is 21.8 Å². The van der Waals surface area contributed by atoms with Crippen LogP contribution in [0.3, 0.4) is 0 Å². The first kappa shape index (κ1) is 20.2. The minimum atomic E-state index is -0.351. The summed E-state index contributed by atoms with van der Waals surface area (Å²) in [6, 6.07) is 13.6. The van der Waals surface area contributed by atoms with Crippen molar-refractivity contribution in [1.29, 1.82) is 0 Å². The van der Waals surface area contributed by atoms with E-state index < -0.39 is 0 Å². The molecule has 1 heterocycles. The fourth-order valence-corrected chi connectivity index (χ4v) is 3.26. The van der Waals surface area contributed by atoms with Gasteiger partial charge in [-0.2, -0.15) is 0 Å². The van der Waals surface area contributed by atoms with Crippen molar-refractivity contribution in [3.63, 3.8) is 0 Å². The van der Waals surface area contributed by atoms with Crippen LogP contribution in [0.1, 0.15) is 21.7 Å². The van der Waals surface area contributed by atoms with Gasteiger partial charge in [0.05, 0.1) is 11.4 Å². The Hall–Kier alpha value is -2.58. The molecule has 0 radical (unpaired) electrons. The molecule has 0 fully saturated rings. The van der Waals surface area contributed by atoms with Crippen molar-refractivity contribution in [1.82, 2.24) is 20.3 Å². The van der Waals surface area contributed by atoms with Gasteiger partial charge in [-0.15, -0.1) is 5.10 Å². The minimum absolute atomic E-state index is 0.0959. The van der Waals surface area contributed by atoms with Crippen LogP contribution in [-0.2, 0) is 6.42 Å². The summed E-state index contributed by atoms with van der Waals surface area (Å²) in [5.41, 5.74) is 2.54. The third kappa shape index (κ3) is 4.82. The van der Waals surface area contributed by atoms with E-state index in [1.54, 1.807) is 23.7 Å². The Bertz CT molecular complexity index is 959. The molecule has 146 valence electrons. The molecular weight excluding hydrogens is 427 g/mol. The minimum Gasteiger partial charge on any atom is -0.396 e. The molecule has 0 bridgehead atoms. The summed E-state index contributed by atoms with van der Waals surface area (Å²) < 4.78 is 15.5. The lowest BCUT2D eigenvalue weighted by atomic mass is 10.00. The number of amides is 1. The molecule has 1 atom stereocenters. The number of hydrogen-bond acceptors (Lipinski definition) is 4. The van der Waals surface area contributed by atoms with Crippen LogP contribution < -0.4 is 5.32 Å². The standard InChI is InChI=1S/C20H20BrFN4O2/c1-13-19(24-25-26(13)18-4-2-3-16(21)10-18)20(28)23-11-15(12-27)9-14-5-7-17(22)8-6-14/h2-8,10,15,27H,9,11-12H2,1H3,(H,23,28)/t15-/m1/s1. The Morgan fingerprint density at radius 1 is 1.29 bits per heavy atom. The Balaban J connectivity index is 1.65. The molecule has 0 spiro atoms. The molecule has 0 aliphatic rings. The fourth-order valence-electron chi connectivity index (χ4n) is 2.87. The van der Waals surface area contributed by atoms with E-state index in [2.05, 4.69) is 31.6 Å². The molecule has 8 heteroatoms. The lowest BCUT2D eigenvalue weighted by Gasteiger charge is -2.15. The van der Waals surface area contributed by atoms with Crippen LogP contribution in [0.15, 0.2) is 53.0 Å². The van der Waals surface area contributed by atoms with Crippen LogP contribution in [0.25, 0.3) is 5.69 Å². The maximum absolute atomic E-state index is 13.0. The first-order chi connectivity index (χ1) is 13.5. The second-order valence-electron chi connectivity index (χ2n) is 6.50. The maximum atomic E-state index is 13.0. The summed E-state index contributed by atoms with van der Waals surface area (Å²) in [7, 11) is 0. The molecule has 1 amide bonds. The largest absolute Gasteiger partial charge is 0.396 e. The van der Waals surface area contributed by atoms with Gasteiger partial charge in [-0.05, 0) is 49.2 Å². The highest BCUT2D eigenvalue weighted by molar-refractivity contribution is 9.10. The Kier molecular flexibility index (Phi) is 6.53. The zero-order chi connectivity index (χ0) is 20.1. The summed E-state index contributed by atoms with van der Waals surface area (Å²) in [5.74, 6) is -0.840. The second-order valence-corrected chi connectivity index (χ2v) is 7.42. The van der Waals surface area contributed by atoms with E-state index in [4.69, 9.17) is 0 Å². The van der Waals surface area contributed by atoms with Gasteiger partial charge in [0.2, 0.25) is 0 Å². The lowest BCUT2D eigenvalue weighted by Crippen LogP contribution is -2.32. The first-order valence-corrected chi connectivity index (χ1v) is 9.59. The molecule has 2 aromatic carbocycles. The van der Waals surface area contributed by atoms with Gasteiger partial charge in [0.15, 0.2) is 5.69 Å². The number of aliphatic hydroxyl groups is 1. The first-order valence-electron chi connectivity index (χ1n) is 8.79. The monoisotopic (exact) mass is 446 g/mol. The van der Waals surface area contributed by atoms with Crippen molar-refractivity contribution in [3.8, 4) is 5.69 Å². The Labute approximate surface area is 170 Å². The van der Waals surface area contributed by atoms with Crippen molar-refractivity contribution in [2.75, 3.05) is 13.2 Å². The van der Waals surface area contributed by atoms with Gasteiger partial charge in [-0.25, -0.2) is 9.07 Å². The fraction of sp³-hybridized carbons (Fsp3) is 0.250. The van der Waals surface area contributed by atoms with E-state index in [0.717, 1.165) is 15.7 Å². The molecule has 6 nitrogen and oxygen atoms in total. The lowest BCUT2D eigenvalue weighted by molar-refractivity contribution is 0.0934. The predicted molar refractivity (Wildman–Crippen MR) is 107 cm³/mol. The summed E-state index contributed by atoms with van der Waals surface area (Å²) in [5, 5.41) is 20.5. The third-order valence-electron chi connectivity index (χ3n) is 4.41. The van der Waals surface area contributed by atoms with Gasteiger partial charge >= 0.3 is 0 Å². The normalized spacial score (nSPS) is 12.0. The van der Waals surface area contributed by atoms with Crippen molar-refractivity contribution in [3.05, 3.63) is 75.8 Å². The smallest absolute Gasteiger partial charge is 0.273 e. The highest BCUT2D eigenvalue weighted by Gasteiger charge is 2.19. The molecule has 28 heavy (non-hydrogen) atoms. The number of nitrogens with one attached hydrogen (secondary N) is 1. The van der Waals surface area contributed by atoms with Gasteiger partial charge in [-0.1, -0.05) is 39.3 Å². The van der Waals surface area contributed by atoms with Crippen LogP contribution in [0, 0.1) is 18.7 Å². The maximum Gasteiger partial charge on any atom is 0.273 e. The van der Waals surface area contributed by atoms with E-state index in [1.807, 2.05) is 24.3 Å². The number of benzene rings is 2. The van der Waals surface area contributed by atoms with Crippen LogP contribution in [0.4, 0.5) is 4.39 Å². The molecule has 0 saturated carbocycles. The van der Waals surface area contributed by atoms with E-state index in [-0.39, 0.29) is 36.5 Å². The van der Waals surface area contributed by atoms with Crippen molar-refractivity contribution in [2.45, 2.75) is 13.3 Å². The molecule has 0 aliphatic heterocycles. The molecule has 0 aliphatic carbocycles. The number of carbonyl (C=O) groups is 1. The number of carbonyl (C=O) groups excluding carboxylic acids is 1.